The van der Waals surface area contributed by atoms with Crippen LogP contribution in [-0.2, 0) is 0 Å². The third kappa shape index (κ3) is 3.00. The van der Waals surface area contributed by atoms with Gasteiger partial charge in [-0.25, -0.2) is 4.98 Å². The number of likely N-dealkylation sites (tertiary alicyclic amines) is 1. The summed E-state index contributed by atoms with van der Waals surface area (Å²) >= 11 is 11.9. The van der Waals surface area contributed by atoms with E-state index < -0.39 is 0 Å². The van der Waals surface area contributed by atoms with Gasteiger partial charge in [0.15, 0.2) is 5.82 Å². The van der Waals surface area contributed by atoms with Gasteiger partial charge in [0, 0.05) is 19.6 Å². The first-order valence-electron chi connectivity index (χ1n) is 5.67. The van der Waals surface area contributed by atoms with Crippen molar-refractivity contribution in [2.45, 2.75) is 18.9 Å². The molecule has 0 spiro atoms. The highest BCUT2D eigenvalue weighted by molar-refractivity contribution is 6.33. The monoisotopic (exact) mass is 274 g/mol. The Morgan fingerprint density at radius 2 is 2.24 bits per heavy atom. The van der Waals surface area contributed by atoms with E-state index in [1.165, 1.54) is 6.42 Å². The summed E-state index contributed by atoms with van der Waals surface area (Å²) in [6.45, 7) is 2.18. The molecule has 17 heavy (non-hydrogen) atoms. The van der Waals surface area contributed by atoms with Gasteiger partial charge in [-0.15, -0.1) is 0 Å². The lowest BCUT2D eigenvalue weighted by Gasteiger charge is -2.36. The molecular weight excluding hydrogens is 259 g/mol. The number of nitrogens with zero attached hydrogens (tertiary/aromatic N) is 4. The molecule has 0 saturated carbocycles. The van der Waals surface area contributed by atoms with Crippen LogP contribution in [-0.4, -0.2) is 48.1 Å². The maximum atomic E-state index is 6.11. The van der Waals surface area contributed by atoms with E-state index in [2.05, 4.69) is 26.8 Å². The third-order valence-corrected chi connectivity index (χ3v) is 3.63. The van der Waals surface area contributed by atoms with Gasteiger partial charge in [-0.1, -0.05) is 11.6 Å². The normalized spacial score (nSPS) is 21.5. The van der Waals surface area contributed by atoms with Crippen molar-refractivity contribution in [3.8, 4) is 0 Å². The Bertz CT molecular complexity index is 399. The first-order valence-corrected chi connectivity index (χ1v) is 6.43. The SMILES string of the molecule is CN1CCCC(N(C)c2nc(Cl)ncc2Cl)C1. The number of hydrogen-bond donors (Lipinski definition) is 0. The molecule has 0 radical (unpaired) electrons. The highest BCUT2D eigenvalue weighted by atomic mass is 35.5. The summed E-state index contributed by atoms with van der Waals surface area (Å²) in [5.74, 6) is 0.715. The van der Waals surface area contributed by atoms with Gasteiger partial charge in [0.1, 0.15) is 5.02 Å². The first-order chi connectivity index (χ1) is 8.08. The Balaban J connectivity index is 2.18. The number of halogens is 2. The molecule has 1 atom stereocenters. The van der Waals surface area contributed by atoms with Crippen LogP contribution in [0, 0.1) is 0 Å². The minimum Gasteiger partial charge on any atom is -0.354 e. The zero-order valence-corrected chi connectivity index (χ0v) is 11.5. The fourth-order valence-corrected chi connectivity index (χ4v) is 2.57. The van der Waals surface area contributed by atoms with Gasteiger partial charge in [-0.3, -0.25) is 0 Å². The average molecular weight is 275 g/mol. The van der Waals surface area contributed by atoms with Gasteiger partial charge in [-0.2, -0.15) is 4.98 Å². The van der Waals surface area contributed by atoms with E-state index in [-0.39, 0.29) is 5.28 Å². The molecule has 2 rings (SSSR count). The molecule has 6 heteroatoms. The molecule has 1 aromatic rings. The number of rotatable bonds is 2. The van der Waals surface area contributed by atoms with E-state index in [0.717, 1.165) is 19.5 Å². The number of piperidine rings is 1. The first kappa shape index (κ1) is 12.9. The van der Waals surface area contributed by atoms with Crippen molar-refractivity contribution in [3.63, 3.8) is 0 Å². The minimum absolute atomic E-state index is 0.236. The summed E-state index contributed by atoms with van der Waals surface area (Å²) in [6.07, 6.45) is 3.90. The van der Waals surface area contributed by atoms with E-state index in [4.69, 9.17) is 23.2 Å². The number of likely N-dealkylation sites (N-methyl/N-ethyl adjacent to an activating group) is 2. The van der Waals surface area contributed by atoms with Gasteiger partial charge in [0.05, 0.1) is 6.20 Å². The summed E-state index contributed by atoms with van der Waals surface area (Å²) in [4.78, 5) is 12.5. The molecule has 2 heterocycles. The zero-order valence-electron chi connectivity index (χ0n) is 10.0. The summed E-state index contributed by atoms with van der Waals surface area (Å²) < 4.78 is 0. The molecule has 0 aromatic carbocycles. The van der Waals surface area contributed by atoms with Crippen LogP contribution >= 0.6 is 23.2 Å². The minimum atomic E-state index is 0.236. The Morgan fingerprint density at radius 1 is 1.47 bits per heavy atom. The maximum absolute atomic E-state index is 6.11. The highest BCUT2D eigenvalue weighted by Crippen LogP contribution is 2.26. The van der Waals surface area contributed by atoms with Crippen LogP contribution in [0.3, 0.4) is 0 Å². The molecule has 1 unspecified atom stereocenters. The van der Waals surface area contributed by atoms with E-state index in [1.807, 2.05) is 7.05 Å². The summed E-state index contributed by atoms with van der Waals surface area (Å²) in [5.41, 5.74) is 0. The van der Waals surface area contributed by atoms with E-state index in [0.29, 0.717) is 16.9 Å². The van der Waals surface area contributed by atoms with E-state index in [1.54, 1.807) is 6.20 Å². The number of aromatic nitrogens is 2. The molecule has 0 bridgehead atoms. The van der Waals surface area contributed by atoms with Gasteiger partial charge < -0.3 is 9.80 Å². The van der Waals surface area contributed by atoms with Crippen molar-refractivity contribution in [2.75, 3.05) is 32.1 Å². The lowest BCUT2D eigenvalue weighted by molar-refractivity contribution is 0.247. The molecule has 1 aliphatic heterocycles. The molecule has 94 valence electrons. The van der Waals surface area contributed by atoms with Crippen LogP contribution in [0.4, 0.5) is 5.82 Å². The predicted molar refractivity (Wildman–Crippen MR) is 71.0 cm³/mol. The Labute approximate surface area is 112 Å². The van der Waals surface area contributed by atoms with Crippen LogP contribution < -0.4 is 4.90 Å². The van der Waals surface area contributed by atoms with Crippen LogP contribution in [0.15, 0.2) is 6.20 Å². The van der Waals surface area contributed by atoms with Crippen LogP contribution in [0.5, 0.6) is 0 Å². The van der Waals surface area contributed by atoms with Crippen molar-refractivity contribution in [1.29, 1.82) is 0 Å². The molecule has 4 nitrogen and oxygen atoms in total. The van der Waals surface area contributed by atoms with E-state index in [9.17, 15) is 0 Å². The Morgan fingerprint density at radius 3 is 2.94 bits per heavy atom. The van der Waals surface area contributed by atoms with Crippen LogP contribution in [0.1, 0.15) is 12.8 Å². The second-order valence-electron chi connectivity index (χ2n) is 4.48. The summed E-state index contributed by atoms with van der Waals surface area (Å²) in [6, 6.07) is 0.428. The van der Waals surface area contributed by atoms with Crippen molar-refractivity contribution in [3.05, 3.63) is 16.5 Å². The second kappa shape index (κ2) is 5.38. The van der Waals surface area contributed by atoms with Gasteiger partial charge in [0.2, 0.25) is 5.28 Å². The summed E-state index contributed by atoms with van der Waals surface area (Å²) in [7, 11) is 4.14. The van der Waals surface area contributed by atoms with Gasteiger partial charge in [0.25, 0.3) is 0 Å². The molecular formula is C11H16Cl2N4. The molecule has 0 N–H and O–H groups in total. The van der Waals surface area contributed by atoms with Crippen molar-refractivity contribution < 1.29 is 0 Å². The van der Waals surface area contributed by atoms with Gasteiger partial charge >= 0.3 is 0 Å². The lowest BCUT2D eigenvalue weighted by atomic mass is 10.1. The number of anilines is 1. The quantitative estimate of drug-likeness (QED) is 0.775. The molecule has 0 amide bonds. The molecule has 1 saturated heterocycles. The zero-order chi connectivity index (χ0) is 12.4. The average Bonchev–Trinajstić information content (AvgIpc) is 2.31. The topological polar surface area (TPSA) is 32.3 Å². The highest BCUT2D eigenvalue weighted by Gasteiger charge is 2.23. The van der Waals surface area contributed by atoms with E-state index >= 15 is 0 Å². The molecule has 1 fully saturated rings. The molecule has 0 aliphatic carbocycles. The van der Waals surface area contributed by atoms with Crippen molar-refractivity contribution in [1.82, 2.24) is 14.9 Å². The molecule has 1 aromatic heterocycles. The Hall–Kier alpha value is -0.580. The van der Waals surface area contributed by atoms with Crippen LogP contribution in [0.25, 0.3) is 0 Å². The van der Waals surface area contributed by atoms with Gasteiger partial charge in [-0.05, 0) is 38.0 Å². The largest absolute Gasteiger partial charge is 0.354 e. The van der Waals surface area contributed by atoms with Crippen molar-refractivity contribution in [2.24, 2.45) is 0 Å². The lowest BCUT2D eigenvalue weighted by Crippen LogP contribution is -2.45. The maximum Gasteiger partial charge on any atom is 0.224 e. The predicted octanol–water partition coefficient (Wildman–Crippen LogP) is 2.31. The molecule has 1 aliphatic rings. The fraction of sp³-hybridized carbons (Fsp3) is 0.636. The second-order valence-corrected chi connectivity index (χ2v) is 5.23. The third-order valence-electron chi connectivity index (χ3n) is 3.18. The fourth-order valence-electron chi connectivity index (χ4n) is 2.21. The van der Waals surface area contributed by atoms with Crippen molar-refractivity contribution >= 4 is 29.0 Å². The smallest absolute Gasteiger partial charge is 0.224 e. The summed E-state index contributed by atoms with van der Waals surface area (Å²) in [5, 5.41) is 0.783. The number of hydrogen-bond acceptors (Lipinski definition) is 4. The standard InChI is InChI=1S/C11H16Cl2N4/c1-16-5-3-4-8(7-16)17(2)10-9(12)6-14-11(13)15-10/h6,8H,3-5,7H2,1-2H3. The Kier molecular flexibility index (Phi) is 4.07. The van der Waals surface area contributed by atoms with Crippen LogP contribution in [0.2, 0.25) is 10.3 Å².